The van der Waals surface area contributed by atoms with Crippen LogP contribution in [0.25, 0.3) is 22.8 Å². The molecule has 2 aromatic carbocycles. The van der Waals surface area contributed by atoms with Crippen molar-refractivity contribution in [1.29, 1.82) is 0 Å². The molecule has 8 heteroatoms. The minimum absolute atomic E-state index is 0.423. The molecule has 0 N–H and O–H groups in total. The number of aryl methyl sites for hydroxylation is 2. The summed E-state index contributed by atoms with van der Waals surface area (Å²) in [7, 11) is 0. The van der Waals surface area contributed by atoms with Crippen LogP contribution >= 0.6 is 0 Å². The van der Waals surface area contributed by atoms with Crippen LogP contribution in [0, 0.1) is 6.92 Å². The van der Waals surface area contributed by atoms with E-state index < -0.39 is 5.76 Å². The molecule has 148 valence electrons. The van der Waals surface area contributed by atoms with Gasteiger partial charge in [0.2, 0.25) is 5.82 Å². The van der Waals surface area contributed by atoms with Gasteiger partial charge in [0.05, 0.1) is 6.54 Å². The Morgan fingerprint density at radius 1 is 0.931 bits per heavy atom. The summed E-state index contributed by atoms with van der Waals surface area (Å²) in [6, 6.07) is 17.6. The van der Waals surface area contributed by atoms with Crippen LogP contribution in [-0.2, 0) is 13.1 Å². The highest BCUT2D eigenvalue weighted by Crippen LogP contribution is 2.20. The summed E-state index contributed by atoms with van der Waals surface area (Å²) < 4.78 is 6.50. The molecular weight excluding hydrogens is 368 g/mol. The van der Waals surface area contributed by atoms with E-state index in [1.807, 2.05) is 61.5 Å². The molecule has 4 rings (SSSR count). The first-order valence-corrected chi connectivity index (χ1v) is 9.68. The molecule has 0 fully saturated rings. The van der Waals surface area contributed by atoms with Gasteiger partial charge >= 0.3 is 5.76 Å². The van der Waals surface area contributed by atoms with E-state index in [0.717, 1.165) is 36.0 Å². The number of unbranched alkanes of at least 4 members (excludes halogenated alkanes) is 2. The maximum Gasteiger partial charge on any atom is 0.441 e. The molecular formula is C21H22N6O2. The van der Waals surface area contributed by atoms with Crippen molar-refractivity contribution in [3.05, 3.63) is 70.7 Å². The molecule has 0 aliphatic carbocycles. The van der Waals surface area contributed by atoms with Gasteiger partial charge in [-0.25, -0.2) is 4.79 Å². The third kappa shape index (κ3) is 4.31. The average Bonchev–Trinajstić information content (AvgIpc) is 3.36. The van der Waals surface area contributed by atoms with Gasteiger partial charge in [0, 0.05) is 17.7 Å². The van der Waals surface area contributed by atoms with Gasteiger partial charge in [-0.05, 0) is 37.0 Å². The van der Waals surface area contributed by atoms with Crippen molar-refractivity contribution in [3.63, 3.8) is 0 Å². The topological polar surface area (TPSA) is 91.6 Å². The second kappa shape index (κ2) is 8.64. The molecule has 2 heterocycles. The van der Waals surface area contributed by atoms with Gasteiger partial charge in [-0.3, -0.25) is 9.09 Å². The van der Waals surface area contributed by atoms with Crippen molar-refractivity contribution in [2.45, 2.75) is 39.3 Å². The van der Waals surface area contributed by atoms with Gasteiger partial charge in [0.15, 0.2) is 5.82 Å². The molecule has 8 nitrogen and oxygen atoms in total. The molecule has 0 aliphatic rings. The fourth-order valence-corrected chi connectivity index (χ4v) is 3.22. The van der Waals surface area contributed by atoms with E-state index in [-0.39, 0.29) is 0 Å². The van der Waals surface area contributed by atoms with Crippen molar-refractivity contribution >= 4 is 0 Å². The molecule has 4 aromatic rings. The Morgan fingerprint density at radius 2 is 1.69 bits per heavy atom. The van der Waals surface area contributed by atoms with E-state index >= 15 is 0 Å². The number of aromatic nitrogens is 6. The van der Waals surface area contributed by atoms with Gasteiger partial charge in [0.25, 0.3) is 0 Å². The lowest BCUT2D eigenvalue weighted by Crippen LogP contribution is -2.16. The Labute approximate surface area is 167 Å². The molecule has 0 unspecified atom stereocenters. The van der Waals surface area contributed by atoms with Crippen LogP contribution in [0.1, 0.15) is 24.8 Å². The minimum Gasteiger partial charge on any atom is -0.295 e. The Kier molecular flexibility index (Phi) is 5.60. The Morgan fingerprint density at radius 3 is 2.52 bits per heavy atom. The van der Waals surface area contributed by atoms with Gasteiger partial charge in [-0.1, -0.05) is 59.8 Å². The molecule has 0 bridgehead atoms. The molecule has 0 saturated carbocycles. The normalized spacial score (nSPS) is 11.1. The monoisotopic (exact) mass is 390 g/mol. The van der Waals surface area contributed by atoms with Crippen LogP contribution in [0.5, 0.6) is 0 Å². The van der Waals surface area contributed by atoms with Crippen LogP contribution in [-0.4, -0.2) is 29.9 Å². The highest BCUT2D eigenvalue weighted by atomic mass is 16.5. The van der Waals surface area contributed by atoms with Gasteiger partial charge in [0.1, 0.15) is 0 Å². The predicted octanol–water partition coefficient (Wildman–Crippen LogP) is 3.34. The van der Waals surface area contributed by atoms with E-state index in [2.05, 4.69) is 20.6 Å². The Bertz CT molecular complexity index is 1130. The smallest absolute Gasteiger partial charge is 0.295 e. The lowest BCUT2D eigenvalue weighted by atomic mass is 10.1. The molecule has 0 atom stereocenters. The highest BCUT2D eigenvalue weighted by Gasteiger charge is 2.14. The number of hydrogen-bond acceptors (Lipinski definition) is 6. The third-order valence-electron chi connectivity index (χ3n) is 4.80. The van der Waals surface area contributed by atoms with Crippen LogP contribution in [0.15, 0.2) is 63.9 Å². The zero-order chi connectivity index (χ0) is 20.1. The van der Waals surface area contributed by atoms with Gasteiger partial charge in [-0.15, -0.1) is 10.2 Å². The summed E-state index contributed by atoms with van der Waals surface area (Å²) in [6.45, 7) is 3.24. The first-order chi connectivity index (χ1) is 14.2. The van der Waals surface area contributed by atoms with Crippen molar-refractivity contribution in [2.75, 3.05) is 0 Å². The average molecular weight is 390 g/mol. The van der Waals surface area contributed by atoms with Crippen molar-refractivity contribution < 1.29 is 4.52 Å². The third-order valence-corrected chi connectivity index (χ3v) is 4.80. The molecule has 0 amide bonds. The van der Waals surface area contributed by atoms with Crippen LogP contribution in [0.4, 0.5) is 0 Å². The second-order valence-electron chi connectivity index (χ2n) is 6.87. The van der Waals surface area contributed by atoms with Crippen LogP contribution < -0.4 is 5.76 Å². The second-order valence-corrected chi connectivity index (χ2v) is 6.87. The lowest BCUT2D eigenvalue weighted by Gasteiger charge is -2.06. The zero-order valence-corrected chi connectivity index (χ0v) is 16.2. The van der Waals surface area contributed by atoms with Crippen molar-refractivity contribution in [2.24, 2.45) is 0 Å². The lowest BCUT2D eigenvalue weighted by molar-refractivity contribution is 0.373. The van der Waals surface area contributed by atoms with Gasteiger partial charge < -0.3 is 0 Å². The summed E-state index contributed by atoms with van der Waals surface area (Å²) in [6.07, 6.45) is 2.65. The maximum absolute atomic E-state index is 12.0. The first-order valence-electron chi connectivity index (χ1n) is 9.68. The van der Waals surface area contributed by atoms with Crippen LogP contribution in [0.2, 0.25) is 0 Å². The fraction of sp³-hybridized carbons (Fsp3) is 0.286. The zero-order valence-electron chi connectivity index (χ0n) is 16.2. The molecule has 29 heavy (non-hydrogen) atoms. The van der Waals surface area contributed by atoms with Crippen molar-refractivity contribution in [1.82, 2.24) is 29.9 Å². The summed E-state index contributed by atoms with van der Waals surface area (Å²) in [4.78, 5) is 13.7. The molecule has 2 aromatic heterocycles. The van der Waals surface area contributed by atoms with Gasteiger partial charge in [-0.2, -0.15) is 4.80 Å². The van der Waals surface area contributed by atoms with Crippen molar-refractivity contribution in [3.8, 4) is 22.8 Å². The number of benzene rings is 2. The molecule has 0 spiro atoms. The van der Waals surface area contributed by atoms with E-state index in [1.165, 1.54) is 0 Å². The van der Waals surface area contributed by atoms with E-state index in [0.29, 0.717) is 24.7 Å². The highest BCUT2D eigenvalue weighted by molar-refractivity contribution is 5.59. The van der Waals surface area contributed by atoms with Crippen LogP contribution in [0.3, 0.4) is 0 Å². The maximum atomic E-state index is 12.0. The standard InChI is InChI=1S/C21H22N6O2/c1-16-10-6-7-13-18(16)20-24-29-21(28)26(20)14-8-3-9-15-27-23-19(22-25-27)17-11-4-2-5-12-17/h2,4-7,10-13H,3,8-9,14-15H2,1H3. The summed E-state index contributed by atoms with van der Waals surface area (Å²) in [5, 5.41) is 16.6. The quantitative estimate of drug-likeness (QED) is 0.429. The SMILES string of the molecule is Cc1ccccc1-c1noc(=O)n1CCCCCn1nnc(-c2ccccc2)n1. The minimum atomic E-state index is -0.423. The largest absolute Gasteiger partial charge is 0.441 e. The predicted molar refractivity (Wildman–Crippen MR) is 108 cm³/mol. The molecule has 0 aliphatic heterocycles. The Balaban J connectivity index is 1.31. The van der Waals surface area contributed by atoms with E-state index in [4.69, 9.17) is 4.52 Å². The number of nitrogens with zero attached hydrogens (tertiary/aromatic N) is 6. The summed E-state index contributed by atoms with van der Waals surface area (Å²) >= 11 is 0. The van der Waals surface area contributed by atoms with E-state index in [9.17, 15) is 4.79 Å². The number of hydrogen-bond donors (Lipinski definition) is 0. The summed E-state index contributed by atoms with van der Waals surface area (Å²) in [5.41, 5.74) is 2.92. The summed E-state index contributed by atoms with van der Waals surface area (Å²) in [5.74, 6) is 0.789. The molecule has 0 radical (unpaired) electrons. The first kappa shape index (κ1) is 18.8. The fourth-order valence-electron chi connectivity index (χ4n) is 3.22. The molecule has 0 saturated heterocycles. The Hall–Kier alpha value is -3.55. The number of tetrazole rings is 1. The number of rotatable bonds is 8. The van der Waals surface area contributed by atoms with E-state index in [1.54, 1.807) is 9.36 Å².